The van der Waals surface area contributed by atoms with Crippen molar-refractivity contribution in [1.29, 1.82) is 0 Å². The van der Waals surface area contributed by atoms with E-state index >= 15 is 0 Å². The number of nitrogens with zero attached hydrogens (tertiary/aromatic N) is 2. The fraction of sp³-hybridized carbons (Fsp3) is 0.118. The van der Waals surface area contributed by atoms with Crippen molar-refractivity contribution in [1.82, 2.24) is 9.97 Å². The number of aliphatic carboxylic acids is 1. The number of nitrogens with one attached hydrogen (secondary N) is 1. The van der Waals surface area contributed by atoms with E-state index in [1.54, 1.807) is 18.5 Å². The van der Waals surface area contributed by atoms with E-state index in [2.05, 4.69) is 15.3 Å². The zero-order chi connectivity index (χ0) is 15.4. The van der Waals surface area contributed by atoms with E-state index in [1.165, 1.54) is 0 Å². The molecule has 0 saturated heterocycles. The molecule has 0 radical (unpaired) electrons. The Bertz CT molecular complexity index is 803. The second kappa shape index (κ2) is 6.22. The Balaban J connectivity index is 1.93. The van der Waals surface area contributed by atoms with E-state index < -0.39 is 5.97 Å². The van der Waals surface area contributed by atoms with E-state index in [4.69, 9.17) is 5.11 Å². The largest absolute Gasteiger partial charge is 0.481 e. The molecule has 0 aliphatic carbocycles. The van der Waals surface area contributed by atoms with Crippen LogP contribution in [0.5, 0.6) is 0 Å². The molecule has 0 bridgehead atoms. The number of rotatable bonds is 5. The maximum Gasteiger partial charge on any atom is 0.309 e. The Morgan fingerprint density at radius 2 is 1.91 bits per heavy atom. The van der Waals surface area contributed by atoms with E-state index in [0.29, 0.717) is 12.2 Å². The van der Waals surface area contributed by atoms with Crippen LogP contribution in [0, 0.1) is 0 Å². The van der Waals surface area contributed by atoms with Crippen LogP contribution < -0.4 is 5.32 Å². The third kappa shape index (κ3) is 3.20. The highest BCUT2D eigenvalue weighted by Gasteiger charge is 2.08. The highest BCUT2D eigenvalue weighted by atomic mass is 16.4. The van der Waals surface area contributed by atoms with Gasteiger partial charge in [-0.1, -0.05) is 18.2 Å². The number of carbonyl (C=O) groups is 1. The van der Waals surface area contributed by atoms with Crippen LogP contribution >= 0.6 is 0 Å². The molecule has 3 rings (SSSR count). The van der Waals surface area contributed by atoms with Crippen LogP contribution in [0.3, 0.4) is 0 Å². The molecule has 5 heteroatoms. The molecule has 2 heterocycles. The van der Waals surface area contributed by atoms with Crippen LogP contribution in [0.25, 0.3) is 10.9 Å². The number of aromatic nitrogens is 2. The highest BCUT2D eigenvalue weighted by Crippen LogP contribution is 2.24. The van der Waals surface area contributed by atoms with Crippen molar-refractivity contribution >= 4 is 22.6 Å². The Kier molecular flexibility index (Phi) is 3.96. The summed E-state index contributed by atoms with van der Waals surface area (Å²) in [7, 11) is 0. The van der Waals surface area contributed by atoms with Gasteiger partial charge in [-0.15, -0.1) is 0 Å². The van der Waals surface area contributed by atoms with Crippen molar-refractivity contribution in [2.45, 2.75) is 13.0 Å². The summed E-state index contributed by atoms with van der Waals surface area (Å²) in [6.07, 6.45) is 3.41. The minimum atomic E-state index is -0.886. The van der Waals surface area contributed by atoms with Gasteiger partial charge in [0.05, 0.1) is 17.6 Å². The summed E-state index contributed by atoms with van der Waals surface area (Å²) < 4.78 is 0. The Labute approximate surface area is 127 Å². The van der Waals surface area contributed by atoms with E-state index in [9.17, 15) is 4.79 Å². The summed E-state index contributed by atoms with van der Waals surface area (Å²) in [5.74, 6) is -0.886. The van der Waals surface area contributed by atoms with Crippen LogP contribution in [-0.2, 0) is 17.8 Å². The van der Waals surface area contributed by atoms with E-state index in [0.717, 1.165) is 22.2 Å². The van der Waals surface area contributed by atoms with Gasteiger partial charge in [-0.05, 0) is 29.8 Å². The van der Waals surface area contributed by atoms with Crippen LogP contribution in [0.15, 0.2) is 54.9 Å². The van der Waals surface area contributed by atoms with Gasteiger partial charge in [0.1, 0.15) is 0 Å². The molecule has 1 aromatic carbocycles. The van der Waals surface area contributed by atoms with Crippen LogP contribution in [0.2, 0.25) is 0 Å². The number of anilines is 1. The van der Waals surface area contributed by atoms with Crippen molar-refractivity contribution in [3.05, 3.63) is 66.1 Å². The zero-order valence-electron chi connectivity index (χ0n) is 11.9. The van der Waals surface area contributed by atoms with Gasteiger partial charge in [0.2, 0.25) is 0 Å². The molecule has 0 amide bonds. The van der Waals surface area contributed by atoms with Crippen molar-refractivity contribution in [2.24, 2.45) is 0 Å². The molecule has 0 unspecified atom stereocenters. The minimum absolute atomic E-state index is 0.0885. The fourth-order valence-corrected chi connectivity index (χ4v) is 2.32. The van der Waals surface area contributed by atoms with Crippen LogP contribution in [0.1, 0.15) is 11.3 Å². The first-order valence-corrected chi connectivity index (χ1v) is 6.95. The molecular formula is C17H15N3O2. The molecular weight excluding hydrogens is 278 g/mol. The summed E-state index contributed by atoms with van der Waals surface area (Å²) in [5.41, 5.74) is 3.33. The highest BCUT2D eigenvalue weighted by molar-refractivity contribution is 5.91. The molecule has 2 aromatic heterocycles. The van der Waals surface area contributed by atoms with E-state index in [-0.39, 0.29) is 6.42 Å². The normalized spacial score (nSPS) is 10.5. The van der Waals surface area contributed by atoms with Crippen molar-refractivity contribution in [2.75, 3.05) is 5.32 Å². The van der Waals surface area contributed by atoms with Crippen LogP contribution in [-0.4, -0.2) is 21.0 Å². The Morgan fingerprint density at radius 3 is 2.68 bits per heavy atom. The maximum absolute atomic E-state index is 10.9. The lowest BCUT2D eigenvalue weighted by molar-refractivity contribution is -0.136. The lowest BCUT2D eigenvalue weighted by Gasteiger charge is -2.11. The molecule has 22 heavy (non-hydrogen) atoms. The van der Waals surface area contributed by atoms with Gasteiger partial charge in [0.25, 0.3) is 0 Å². The van der Waals surface area contributed by atoms with Gasteiger partial charge < -0.3 is 10.4 Å². The standard InChI is InChI=1S/C17H15N3O2/c21-17(22)10-13-9-16(14-3-1-2-4-15(14)20-13)19-11-12-5-7-18-8-6-12/h1-9H,10-11H2,(H,19,20)(H,21,22). The fourth-order valence-electron chi connectivity index (χ4n) is 2.32. The molecule has 0 atom stereocenters. The summed E-state index contributed by atoms with van der Waals surface area (Å²) in [6, 6.07) is 13.4. The molecule has 5 nitrogen and oxygen atoms in total. The average Bonchev–Trinajstić information content (AvgIpc) is 2.53. The second-order valence-corrected chi connectivity index (χ2v) is 4.96. The number of fused-ring (bicyclic) bond motifs is 1. The summed E-state index contributed by atoms with van der Waals surface area (Å²) in [5, 5.41) is 13.3. The molecule has 0 aliphatic rings. The Morgan fingerprint density at radius 1 is 1.14 bits per heavy atom. The molecule has 3 aromatic rings. The average molecular weight is 293 g/mol. The molecule has 0 aliphatic heterocycles. The van der Waals surface area contributed by atoms with E-state index in [1.807, 2.05) is 36.4 Å². The third-order valence-electron chi connectivity index (χ3n) is 3.33. The molecule has 110 valence electrons. The lowest BCUT2D eigenvalue weighted by atomic mass is 10.1. The molecule has 2 N–H and O–H groups in total. The van der Waals surface area contributed by atoms with Gasteiger partial charge in [-0.3, -0.25) is 14.8 Å². The van der Waals surface area contributed by atoms with Gasteiger partial charge in [0.15, 0.2) is 0 Å². The lowest BCUT2D eigenvalue weighted by Crippen LogP contribution is -2.05. The number of hydrogen-bond donors (Lipinski definition) is 2. The number of carboxylic acids is 1. The Hall–Kier alpha value is -2.95. The first-order chi connectivity index (χ1) is 10.7. The third-order valence-corrected chi connectivity index (χ3v) is 3.33. The van der Waals surface area contributed by atoms with Gasteiger partial charge in [-0.25, -0.2) is 0 Å². The SMILES string of the molecule is O=C(O)Cc1cc(NCc2ccncc2)c2ccccc2n1. The molecule has 0 fully saturated rings. The smallest absolute Gasteiger partial charge is 0.309 e. The summed E-state index contributed by atoms with van der Waals surface area (Å²) in [4.78, 5) is 19.3. The monoisotopic (exact) mass is 293 g/mol. The number of carboxylic acid groups (broad SMARTS) is 1. The predicted molar refractivity (Wildman–Crippen MR) is 84.6 cm³/mol. The summed E-state index contributed by atoms with van der Waals surface area (Å²) in [6.45, 7) is 0.642. The first kappa shape index (κ1) is 14.0. The van der Waals surface area contributed by atoms with Gasteiger partial charge in [0, 0.05) is 30.0 Å². The molecule has 0 spiro atoms. The van der Waals surface area contributed by atoms with Crippen LogP contribution in [0.4, 0.5) is 5.69 Å². The topological polar surface area (TPSA) is 75.1 Å². The number of pyridine rings is 2. The second-order valence-electron chi connectivity index (χ2n) is 4.96. The first-order valence-electron chi connectivity index (χ1n) is 6.95. The summed E-state index contributed by atoms with van der Waals surface area (Å²) >= 11 is 0. The quantitative estimate of drug-likeness (QED) is 0.756. The number of benzene rings is 1. The van der Waals surface area contributed by atoms with Gasteiger partial charge in [-0.2, -0.15) is 0 Å². The van der Waals surface area contributed by atoms with Crippen molar-refractivity contribution < 1.29 is 9.90 Å². The number of para-hydroxylation sites is 1. The van der Waals surface area contributed by atoms with Crippen molar-refractivity contribution in [3.63, 3.8) is 0 Å². The molecule has 0 saturated carbocycles. The van der Waals surface area contributed by atoms with Gasteiger partial charge >= 0.3 is 5.97 Å². The maximum atomic E-state index is 10.9. The van der Waals surface area contributed by atoms with Crippen molar-refractivity contribution in [3.8, 4) is 0 Å². The zero-order valence-corrected chi connectivity index (χ0v) is 11.9. The number of hydrogen-bond acceptors (Lipinski definition) is 4. The predicted octanol–water partition coefficient (Wildman–Crippen LogP) is 2.87. The minimum Gasteiger partial charge on any atom is -0.481 e.